The summed E-state index contributed by atoms with van der Waals surface area (Å²) in [5, 5.41) is 0.869. The van der Waals surface area contributed by atoms with Gasteiger partial charge in [-0.1, -0.05) is 11.6 Å². The Morgan fingerprint density at radius 2 is 2.08 bits per heavy atom. The van der Waals surface area contributed by atoms with Crippen molar-refractivity contribution in [1.82, 2.24) is 9.88 Å². The average molecular weight is 340 g/mol. The first-order valence-electron chi connectivity index (χ1n) is 8.83. The molecule has 0 bridgehead atoms. The van der Waals surface area contributed by atoms with E-state index >= 15 is 0 Å². The molecular formula is C20H24N2O3. The summed E-state index contributed by atoms with van der Waals surface area (Å²) in [7, 11) is 0. The molecule has 1 aromatic carbocycles. The molecular weight excluding hydrogens is 316 g/mol. The molecule has 1 aromatic heterocycles. The van der Waals surface area contributed by atoms with Gasteiger partial charge in [0.15, 0.2) is 0 Å². The summed E-state index contributed by atoms with van der Waals surface area (Å²) >= 11 is 0. The van der Waals surface area contributed by atoms with Crippen molar-refractivity contribution < 1.29 is 14.3 Å². The number of ether oxygens (including phenoxy) is 1. The zero-order chi connectivity index (χ0) is 18.0. The monoisotopic (exact) mass is 340 g/mol. The number of carbonyl (C=O) groups excluding carboxylic acids is 2. The Labute approximate surface area is 148 Å². The molecule has 2 heterocycles. The van der Waals surface area contributed by atoms with Crippen molar-refractivity contribution in [1.29, 1.82) is 0 Å². The number of aryl methyl sites for hydroxylation is 2. The second kappa shape index (κ2) is 7.21. The third kappa shape index (κ3) is 3.65. The first kappa shape index (κ1) is 17.4. The van der Waals surface area contributed by atoms with E-state index in [1.165, 1.54) is 0 Å². The second-order valence-electron chi connectivity index (χ2n) is 6.67. The lowest BCUT2D eigenvalue weighted by Gasteiger charge is -2.32. The molecule has 1 atom stereocenters. The molecule has 132 valence electrons. The normalized spacial score (nSPS) is 17.6. The maximum atomic E-state index is 13.1. The van der Waals surface area contributed by atoms with Crippen molar-refractivity contribution in [3.05, 3.63) is 41.1 Å². The van der Waals surface area contributed by atoms with Crippen molar-refractivity contribution in [3.63, 3.8) is 0 Å². The molecule has 1 fully saturated rings. The molecule has 1 aliphatic rings. The first-order valence-corrected chi connectivity index (χ1v) is 8.83. The lowest BCUT2D eigenvalue weighted by molar-refractivity contribution is -0.149. The summed E-state index contributed by atoms with van der Waals surface area (Å²) in [5.41, 5.74) is 3.40. The Bertz CT molecular complexity index is 816. The van der Waals surface area contributed by atoms with E-state index in [1.54, 1.807) is 11.8 Å². The summed E-state index contributed by atoms with van der Waals surface area (Å²) in [4.78, 5) is 31.5. The second-order valence-corrected chi connectivity index (χ2v) is 6.67. The summed E-state index contributed by atoms with van der Waals surface area (Å²) in [6, 6.07) is 7.80. The van der Waals surface area contributed by atoms with Gasteiger partial charge in [0.05, 0.1) is 23.6 Å². The van der Waals surface area contributed by atoms with Crippen LogP contribution in [0.3, 0.4) is 0 Å². The Kier molecular flexibility index (Phi) is 5.02. The molecule has 1 saturated heterocycles. The summed E-state index contributed by atoms with van der Waals surface area (Å²) in [5.74, 6) is -0.463. The van der Waals surface area contributed by atoms with Gasteiger partial charge >= 0.3 is 5.97 Å². The molecule has 0 radical (unpaired) electrons. The van der Waals surface area contributed by atoms with E-state index in [2.05, 4.69) is 4.98 Å². The van der Waals surface area contributed by atoms with E-state index in [4.69, 9.17) is 4.74 Å². The predicted octanol–water partition coefficient (Wildman–Crippen LogP) is 3.27. The number of nitrogens with zero attached hydrogens (tertiary/aromatic N) is 2. The molecule has 0 saturated carbocycles. The van der Waals surface area contributed by atoms with Gasteiger partial charge in [-0.25, -0.2) is 0 Å². The standard InChI is InChI=1S/C20H24N2O3/c1-4-25-20(24)15-6-5-9-22(12-15)19(23)17-11-14(3)21-18-8-7-13(2)10-16(17)18/h7-8,10-11,15H,4-6,9,12H2,1-3H3/t15-/m0/s1. The molecule has 0 spiro atoms. The van der Waals surface area contributed by atoms with Crippen LogP contribution in [0.2, 0.25) is 0 Å². The molecule has 0 N–H and O–H groups in total. The Morgan fingerprint density at radius 1 is 1.28 bits per heavy atom. The van der Waals surface area contributed by atoms with E-state index in [1.807, 2.05) is 38.1 Å². The van der Waals surface area contributed by atoms with Crippen LogP contribution in [0.5, 0.6) is 0 Å². The van der Waals surface area contributed by atoms with E-state index in [0.29, 0.717) is 25.3 Å². The summed E-state index contributed by atoms with van der Waals surface area (Å²) < 4.78 is 5.13. The van der Waals surface area contributed by atoms with Crippen LogP contribution in [0, 0.1) is 19.8 Å². The molecule has 25 heavy (non-hydrogen) atoms. The van der Waals surface area contributed by atoms with Crippen LogP contribution in [0.15, 0.2) is 24.3 Å². The largest absolute Gasteiger partial charge is 0.466 e. The molecule has 2 aromatic rings. The maximum absolute atomic E-state index is 13.1. The Hall–Kier alpha value is -2.43. The van der Waals surface area contributed by atoms with Gasteiger partial charge in [-0.15, -0.1) is 0 Å². The van der Waals surface area contributed by atoms with Crippen LogP contribution in [0.4, 0.5) is 0 Å². The number of carbonyl (C=O) groups is 2. The minimum Gasteiger partial charge on any atom is -0.466 e. The van der Waals surface area contributed by atoms with Gasteiger partial charge in [-0.05, 0) is 51.8 Å². The van der Waals surface area contributed by atoms with Gasteiger partial charge in [-0.3, -0.25) is 14.6 Å². The zero-order valence-electron chi connectivity index (χ0n) is 15.0. The number of hydrogen-bond donors (Lipinski definition) is 0. The van der Waals surface area contributed by atoms with Crippen molar-refractivity contribution in [2.45, 2.75) is 33.6 Å². The molecule has 1 amide bonds. The van der Waals surface area contributed by atoms with E-state index in [-0.39, 0.29) is 17.8 Å². The van der Waals surface area contributed by atoms with E-state index in [0.717, 1.165) is 35.0 Å². The number of piperidine rings is 1. The number of esters is 1. The highest BCUT2D eigenvalue weighted by molar-refractivity contribution is 6.06. The zero-order valence-corrected chi connectivity index (χ0v) is 15.0. The number of amides is 1. The fraction of sp³-hybridized carbons (Fsp3) is 0.450. The minimum absolute atomic E-state index is 0.0323. The maximum Gasteiger partial charge on any atom is 0.310 e. The average Bonchev–Trinajstić information content (AvgIpc) is 2.61. The van der Waals surface area contributed by atoms with Crippen LogP contribution in [-0.4, -0.2) is 41.5 Å². The SMILES string of the molecule is CCOC(=O)[C@H]1CCCN(C(=O)c2cc(C)nc3ccc(C)cc23)C1. The lowest BCUT2D eigenvalue weighted by Crippen LogP contribution is -2.42. The molecule has 3 rings (SSSR count). The highest BCUT2D eigenvalue weighted by Crippen LogP contribution is 2.25. The number of rotatable bonds is 3. The quantitative estimate of drug-likeness (QED) is 0.805. The van der Waals surface area contributed by atoms with Crippen molar-refractivity contribution in [2.75, 3.05) is 19.7 Å². The first-order chi connectivity index (χ1) is 12.0. The molecule has 0 unspecified atom stereocenters. The fourth-order valence-electron chi connectivity index (χ4n) is 3.43. The third-order valence-electron chi connectivity index (χ3n) is 4.65. The number of benzene rings is 1. The smallest absolute Gasteiger partial charge is 0.310 e. The van der Waals surface area contributed by atoms with Crippen LogP contribution >= 0.6 is 0 Å². The van der Waals surface area contributed by atoms with E-state index in [9.17, 15) is 9.59 Å². The molecule has 5 heteroatoms. The van der Waals surface area contributed by atoms with Crippen LogP contribution in [0.1, 0.15) is 41.4 Å². The summed E-state index contributed by atoms with van der Waals surface area (Å²) in [6.45, 7) is 7.17. The predicted molar refractivity (Wildman–Crippen MR) is 96.5 cm³/mol. The molecule has 1 aliphatic heterocycles. The number of pyridine rings is 1. The van der Waals surface area contributed by atoms with Crippen LogP contribution in [0.25, 0.3) is 10.9 Å². The highest BCUT2D eigenvalue weighted by Gasteiger charge is 2.30. The lowest BCUT2D eigenvalue weighted by atomic mass is 9.96. The molecule has 5 nitrogen and oxygen atoms in total. The number of likely N-dealkylation sites (tertiary alicyclic amines) is 1. The number of hydrogen-bond acceptors (Lipinski definition) is 4. The fourth-order valence-corrected chi connectivity index (χ4v) is 3.43. The number of fused-ring (bicyclic) bond motifs is 1. The van der Waals surface area contributed by atoms with Crippen LogP contribution in [-0.2, 0) is 9.53 Å². The molecule has 0 aliphatic carbocycles. The van der Waals surface area contributed by atoms with Crippen LogP contribution < -0.4 is 0 Å². The van der Waals surface area contributed by atoms with Crippen molar-refractivity contribution in [2.24, 2.45) is 5.92 Å². The van der Waals surface area contributed by atoms with Gasteiger partial charge in [-0.2, -0.15) is 0 Å². The Morgan fingerprint density at radius 3 is 2.84 bits per heavy atom. The van der Waals surface area contributed by atoms with Gasteiger partial charge in [0.2, 0.25) is 0 Å². The topological polar surface area (TPSA) is 59.5 Å². The number of aromatic nitrogens is 1. The van der Waals surface area contributed by atoms with Gasteiger partial charge in [0.25, 0.3) is 5.91 Å². The van der Waals surface area contributed by atoms with E-state index < -0.39 is 0 Å². The van der Waals surface area contributed by atoms with Crippen molar-refractivity contribution in [3.8, 4) is 0 Å². The van der Waals surface area contributed by atoms with Gasteiger partial charge in [0, 0.05) is 24.2 Å². The highest BCUT2D eigenvalue weighted by atomic mass is 16.5. The van der Waals surface area contributed by atoms with Crippen molar-refractivity contribution >= 4 is 22.8 Å². The minimum atomic E-state index is -0.228. The third-order valence-corrected chi connectivity index (χ3v) is 4.65. The Balaban J connectivity index is 1.91. The van der Waals surface area contributed by atoms with Gasteiger partial charge in [0.1, 0.15) is 0 Å². The van der Waals surface area contributed by atoms with Gasteiger partial charge < -0.3 is 9.64 Å². The summed E-state index contributed by atoms with van der Waals surface area (Å²) in [6.07, 6.45) is 1.59.